The number of hydrogen-bond donors (Lipinski definition) is 3. The normalized spacial score (nSPS) is 21.5. The Morgan fingerprint density at radius 1 is 0.926 bits per heavy atom. The third-order valence-electron chi connectivity index (χ3n) is 5.13. The molecule has 1 aromatic carbocycles. The summed E-state index contributed by atoms with van der Waals surface area (Å²) in [5.41, 5.74) is 1.48. The minimum absolute atomic E-state index is 0. The van der Waals surface area contributed by atoms with Crippen LogP contribution in [-0.2, 0) is 9.59 Å². The van der Waals surface area contributed by atoms with Crippen LogP contribution in [0.2, 0.25) is 0 Å². The van der Waals surface area contributed by atoms with Gasteiger partial charge in [-0.15, -0.1) is 12.4 Å². The highest BCUT2D eigenvalue weighted by atomic mass is 35.5. The van der Waals surface area contributed by atoms with Gasteiger partial charge in [0.05, 0.1) is 0 Å². The van der Waals surface area contributed by atoms with E-state index in [1.54, 1.807) is 18.2 Å². The number of hydrogen-bond acceptors (Lipinski definition) is 4. The zero-order chi connectivity index (χ0) is 18.7. The maximum absolute atomic E-state index is 13.0. The van der Waals surface area contributed by atoms with E-state index >= 15 is 0 Å². The van der Waals surface area contributed by atoms with Gasteiger partial charge in [0.1, 0.15) is 0 Å². The Bertz CT molecular complexity index is 677. The summed E-state index contributed by atoms with van der Waals surface area (Å²) in [5, 5.41) is 8.82. The second kappa shape index (κ2) is 9.19. The second-order valence-corrected chi connectivity index (χ2v) is 7.21. The fraction of sp³-hybridized carbons (Fsp3) is 0.526. The number of likely N-dealkylation sites (tertiary alicyclic amines) is 1. The third kappa shape index (κ3) is 5.43. The topological polar surface area (TPSA) is 90.5 Å². The predicted octanol–water partition coefficient (Wildman–Crippen LogP) is 2.10. The first-order valence-corrected chi connectivity index (χ1v) is 9.12. The summed E-state index contributed by atoms with van der Waals surface area (Å²) in [5.74, 6) is 0.788. The number of nitrogens with zero attached hydrogens (tertiary/aromatic N) is 1. The standard InChI is InChI=1S/C19H26N4O3.ClH/c1-12(24)21-17-7-16(8-18(9-17)22-13(2)25)19(26)23-5-3-14-10-20-11-15(14)4-6-23;/h7-9,14-15,20H,3-6,10-11H2,1-2H3,(H,21,24)(H,22,25);1H/t14-,15+;. The van der Waals surface area contributed by atoms with E-state index < -0.39 is 0 Å². The molecule has 0 radical (unpaired) electrons. The maximum atomic E-state index is 13.0. The highest BCUT2D eigenvalue weighted by molar-refractivity contribution is 6.00. The molecule has 3 N–H and O–H groups in total. The molecule has 8 heteroatoms. The van der Waals surface area contributed by atoms with Crippen molar-refractivity contribution in [1.29, 1.82) is 0 Å². The molecule has 0 aliphatic carbocycles. The number of carbonyl (C=O) groups is 3. The highest BCUT2D eigenvalue weighted by Crippen LogP contribution is 2.28. The molecule has 2 aliphatic rings. The summed E-state index contributed by atoms with van der Waals surface area (Å²) < 4.78 is 0. The third-order valence-corrected chi connectivity index (χ3v) is 5.13. The van der Waals surface area contributed by atoms with Crippen LogP contribution in [0.3, 0.4) is 0 Å². The van der Waals surface area contributed by atoms with Crippen molar-refractivity contribution in [3.05, 3.63) is 23.8 Å². The second-order valence-electron chi connectivity index (χ2n) is 7.21. The highest BCUT2D eigenvalue weighted by Gasteiger charge is 2.31. The van der Waals surface area contributed by atoms with E-state index in [0.29, 0.717) is 28.8 Å². The molecular weight excluding hydrogens is 368 g/mol. The first-order chi connectivity index (χ1) is 12.4. The molecule has 148 valence electrons. The Morgan fingerprint density at radius 2 is 1.41 bits per heavy atom. The van der Waals surface area contributed by atoms with Crippen LogP contribution in [0.1, 0.15) is 37.0 Å². The van der Waals surface area contributed by atoms with Crippen LogP contribution in [0.5, 0.6) is 0 Å². The Kier molecular flexibility index (Phi) is 7.21. The van der Waals surface area contributed by atoms with Gasteiger partial charge in [0.2, 0.25) is 11.8 Å². The van der Waals surface area contributed by atoms with Crippen molar-refractivity contribution in [2.75, 3.05) is 36.8 Å². The van der Waals surface area contributed by atoms with Gasteiger partial charge < -0.3 is 20.9 Å². The van der Waals surface area contributed by atoms with Gasteiger partial charge in [-0.3, -0.25) is 14.4 Å². The SMILES string of the molecule is CC(=O)Nc1cc(NC(C)=O)cc(C(=O)N2CC[C@@H]3CNC[C@@H]3CC2)c1.Cl. The van der Waals surface area contributed by atoms with Gasteiger partial charge in [-0.2, -0.15) is 0 Å². The Hall–Kier alpha value is -2.12. The molecule has 0 spiro atoms. The molecule has 0 saturated carbocycles. The van der Waals surface area contributed by atoms with Gasteiger partial charge >= 0.3 is 0 Å². The van der Waals surface area contributed by atoms with Crippen molar-refractivity contribution in [1.82, 2.24) is 10.2 Å². The molecule has 3 rings (SSSR count). The summed E-state index contributed by atoms with van der Waals surface area (Å²) in [6.45, 7) is 6.38. The largest absolute Gasteiger partial charge is 0.339 e. The Balaban J connectivity index is 0.00000261. The molecule has 0 bridgehead atoms. The lowest BCUT2D eigenvalue weighted by molar-refractivity contribution is -0.115. The molecule has 2 atom stereocenters. The lowest BCUT2D eigenvalue weighted by Gasteiger charge is -2.22. The first kappa shape index (κ1) is 21.2. The molecule has 2 aliphatic heterocycles. The van der Waals surface area contributed by atoms with Crippen LogP contribution < -0.4 is 16.0 Å². The lowest BCUT2D eigenvalue weighted by Crippen LogP contribution is -2.33. The van der Waals surface area contributed by atoms with E-state index in [9.17, 15) is 14.4 Å². The predicted molar refractivity (Wildman–Crippen MR) is 107 cm³/mol. The minimum atomic E-state index is -0.224. The molecular formula is C19H27ClN4O3. The zero-order valence-corrected chi connectivity index (χ0v) is 16.5. The molecule has 7 nitrogen and oxygen atoms in total. The molecule has 2 fully saturated rings. The molecule has 3 amide bonds. The van der Waals surface area contributed by atoms with Crippen LogP contribution in [0.4, 0.5) is 11.4 Å². The van der Waals surface area contributed by atoms with Crippen LogP contribution in [-0.4, -0.2) is 48.8 Å². The summed E-state index contributed by atoms with van der Waals surface area (Å²) in [6.07, 6.45) is 2.01. The van der Waals surface area contributed by atoms with Crippen molar-refractivity contribution in [2.24, 2.45) is 11.8 Å². The maximum Gasteiger partial charge on any atom is 0.254 e. The van der Waals surface area contributed by atoms with E-state index in [1.165, 1.54) is 13.8 Å². The number of rotatable bonds is 3. The fourth-order valence-electron chi connectivity index (χ4n) is 3.91. The van der Waals surface area contributed by atoms with Gasteiger partial charge in [-0.25, -0.2) is 0 Å². The number of fused-ring (bicyclic) bond motifs is 1. The van der Waals surface area contributed by atoms with Gasteiger partial charge in [0.25, 0.3) is 5.91 Å². The van der Waals surface area contributed by atoms with Gasteiger partial charge in [-0.1, -0.05) is 0 Å². The number of halogens is 1. The quantitative estimate of drug-likeness (QED) is 0.732. The number of nitrogens with one attached hydrogen (secondary N) is 3. The van der Waals surface area contributed by atoms with Crippen molar-refractivity contribution < 1.29 is 14.4 Å². The van der Waals surface area contributed by atoms with Gasteiger partial charge in [-0.05, 0) is 56.0 Å². The number of anilines is 2. The van der Waals surface area contributed by atoms with Crippen molar-refractivity contribution >= 4 is 41.5 Å². The van der Waals surface area contributed by atoms with Gasteiger partial charge in [0.15, 0.2) is 0 Å². The molecule has 27 heavy (non-hydrogen) atoms. The van der Waals surface area contributed by atoms with Crippen LogP contribution in [0.25, 0.3) is 0 Å². The summed E-state index contributed by atoms with van der Waals surface area (Å²) in [7, 11) is 0. The molecule has 0 aromatic heterocycles. The van der Waals surface area contributed by atoms with Crippen LogP contribution in [0, 0.1) is 11.8 Å². The average Bonchev–Trinajstić information content (AvgIpc) is 2.91. The van der Waals surface area contributed by atoms with E-state index in [1.807, 2.05) is 4.90 Å². The first-order valence-electron chi connectivity index (χ1n) is 9.12. The van der Waals surface area contributed by atoms with E-state index in [4.69, 9.17) is 0 Å². The molecule has 2 saturated heterocycles. The van der Waals surface area contributed by atoms with Crippen molar-refractivity contribution in [2.45, 2.75) is 26.7 Å². The van der Waals surface area contributed by atoms with E-state index in [-0.39, 0.29) is 30.1 Å². The van der Waals surface area contributed by atoms with Gasteiger partial charge in [0, 0.05) is 43.9 Å². The smallest absolute Gasteiger partial charge is 0.254 e. The Morgan fingerprint density at radius 3 is 1.85 bits per heavy atom. The Labute approximate surface area is 165 Å². The van der Waals surface area contributed by atoms with Crippen LogP contribution >= 0.6 is 12.4 Å². The summed E-state index contributed by atoms with van der Waals surface area (Å²) >= 11 is 0. The number of carbonyl (C=O) groups excluding carboxylic acids is 3. The average molecular weight is 395 g/mol. The van der Waals surface area contributed by atoms with Crippen molar-refractivity contribution in [3.8, 4) is 0 Å². The summed E-state index contributed by atoms with van der Waals surface area (Å²) in [4.78, 5) is 37.7. The molecule has 2 heterocycles. The number of amides is 3. The zero-order valence-electron chi connectivity index (χ0n) is 15.7. The summed E-state index contributed by atoms with van der Waals surface area (Å²) in [6, 6.07) is 4.99. The van der Waals surface area contributed by atoms with E-state index in [2.05, 4.69) is 16.0 Å². The minimum Gasteiger partial charge on any atom is -0.339 e. The van der Waals surface area contributed by atoms with Crippen molar-refractivity contribution in [3.63, 3.8) is 0 Å². The molecule has 1 aromatic rings. The molecule has 0 unspecified atom stereocenters. The van der Waals surface area contributed by atoms with E-state index in [0.717, 1.165) is 39.0 Å². The monoisotopic (exact) mass is 394 g/mol. The number of benzene rings is 1. The van der Waals surface area contributed by atoms with Crippen LogP contribution in [0.15, 0.2) is 18.2 Å². The fourth-order valence-corrected chi connectivity index (χ4v) is 3.91. The lowest BCUT2D eigenvalue weighted by atomic mass is 9.92.